The van der Waals surface area contributed by atoms with Crippen LogP contribution in [0.25, 0.3) is 28.7 Å². The molecule has 0 bridgehead atoms. The van der Waals surface area contributed by atoms with Gasteiger partial charge in [0.1, 0.15) is 17.3 Å². The molecule has 2 aromatic carbocycles. The maximum absolute atomic E-state index is 14.0. The number of halogens is 2. The minimum absolute atomic E-state index is 0.0421. The van der Waals surface area contributed by atoms with E-state index in [1.54, 1.807) is 6.92 Å². The van der Waals surface area contributed by atoms with E-state index in [-0.39, 0.29) is 11.6 Å². The van der Waals surface area contributed by atoms with Crippen molar-refractivity contribution in [1.29, 1.82) is 0 Å². The Morgan fingerprint density at radius 3 is 2.54 bits per heavy atom. The lowest BCUT2D eigenvalue weighted by Gasteiger charge is -2.04. The van der Waals surface area contributed by atoms with Crippen molar-refractivity contribution in [3.8, 4) is 28.7 Å². The van der Waals surface area contributed by atoms with Crippen LogP contribution in [0.2, 0.25) is 0 Å². The van der Waals surface area contributed by atoms with Crippen LogP contribution in [0.4, 0.5) is 8.78 Å². The highest BCUT2D eigenvalue weighted by molar-refractivity contribution is 5.59. The van der Waals surface area contributed by atoms with Crippen molar-refractivity contribution >= 4 is 0 Å². The van der Waals surface area contributed by atoms with Crippen LogP contribution in [-0.2, 0) is 0 Å². The summed E-state index contributed by atoms with van der Waals surface area (Å²) in [6, 6.07) is 10.8. The number of aromatic nitrogens is 5. The van der Waals surface area contributed by atoms with Crippen molar-refractivity contribution in [3.05, 3.63) is 65.4 Å². The number of aryl methyl sites for hydroxylation is 1. The quantitative estimate of drug-likeness (QED) is 0.559. The van der Waals surface area contributed by atoms with E-state index in [4.69, 9.17) is 4.52 Å². The summed E-state index contributed by atoms with van der Waals surface area (Å²) in [6.45, 7) is 3.65. The van der Waals surface area contributed by atoms with E-state index in [2.05, 4.69) is 20.5 Å². The van der Waals surface area contributed by atoms with Gasteiger partial charge in [0.2, 0.25) is 5.82 Å². The summed E-state index contributed by atoms with van der Waals surface area (Å²) in [5.41, 5.74) is 2.63. The highest BCUT2D eigenvalue weighted by atomic mass is 19.1. The van der Waals surface area contributed by atoms with Crippen LogP contribution in [0, 0.1) is 25.5 Å². The van der Waals surface area contributed by atoms with Crippen molar-refractivity contribution in [2.75, 3.05) is 0 Å². The summed E-state index contributed by atoms with van der Waals surface area (Å²) < 4.78 is 33.9. The molecule has 0 saturated heterocycles. The second-order valence-corrected chi connectivity index (χ2v) is 5.82. The molecule has 4 aromatic rings. The first-order chi connectivity index (χ1) is 12.5. The molecule has 0 aliphatic carbocycles. The average molecular weight is 353 g/mol. The lowest BCUT2D eigenvalue weighted by atomic mass is 10.1. The topological polar surface area (TPSA) is 69.6 Å². The van der Waals surface area contributed by atoms with E-state index in [1.807, 2.05) is 31.2 Å². The van der Waals surface area contributed by atoms with E-state index in [1.165, 1.54) is 4.68 Å². The van der Waals surface area contributed by atoms with Crippen LogP contribution >= 0.6 is 0 Å². The molecular formula is C18H13F2N5O. The molecule has 130 valence electrons. The summed E-state index contributed by atoms with van der Waals surface area (Å²) >= 11 is 0. The first-order valence-electron chi connectivity index (χ1n) is 7.82. The fraction of sp³-hybridized carbons (Fsp3) is 0.111. The van der Waals surface area contributed by atoms with Crippen LogP contribution in [0.5, 0.6) is 0 Å². The highest BCUT2D eigenvalue weighted by Gasteiger charge is 2.20. The number of hydrogen-bond donors (Lipinski definition) is 0. The normalized spacial score (nSPS) is 11.1. The van der Waals surface area contributed by atoms with E-state index in [9.17, 15) is 8.78 Å². The Hall–Kier alpha value is -3.42. The van der Waals surface area contributed by atoms with Gasteiger partial charge in [-0.2, -0.15) is 4.98 Å². The first-order valence-corrected chi connectivity index (χ1v) is 7.82. The largest absolute Gasteiger partial charge is 0.332 e. The van der Waals surface area contributed by atoms with Gasteiger partial charge in [0.15, 0.2) is 5.69 Å². The number of benzene rings is 2. The maximum atomic E-state index is 14.0. The SMILES string of the molecule is Cc1ccc(-c2noc(-c3nnn(-c4cc(F)ccc4F)c3C)n2)cc1. The molecule has 4 rings (SSSR count). The van der Waals surface area contributed by atoms with Gasteiger partial charge in [0, 0.05) is 11.6 Å². The van der Waals surface area contributed by atoms with Crippen LogP contribution < -0.4 is 0 Å². The van der Waals surface area contributed by atoms with Crippen molar-refractivity contribution < 1.29 is 13.3 Å². The number of nitrogens with zero attached hydrogens (tertiary/aromatic N) is 5. The van der Waals surface area contributed by atoms with Crippen LogP contribution in [0.15, 0.2) is 47.0 Å². The molecule has 0 unspecified atom stereocenters. The van der Waals surface area contributed by atoms with Gasteiger partial charge < -0.3 is 4.52 Å². The summed E-state index contributed by atoms with van der Waals surface area (Å²) in [6.07, 6.45) is 0. The number of hydrogen-bond acceptors (Lipinski definition) is 5. The van der Waals surface area contributed by atoms with E-state index in [0.29, 0.717) is 17.2 Å². The van der Waals surface area contributed by atoms with Gasteiger partial charge in [-0.05, 0) is 26.0 Å². The Bertz CT molecular complexity index is 1090. The third-order valence-corrected chi connectivity index (χ3v) is 3.97. The lowest BCUT2D eigenvalue weighted by molar-refractivity contribution is 0.430. The van der Waals surface area contributed by atoms with Crippen LogP contribution in [-0.4, -0.2) is 25.1 Å². The molecule has 0 atom stereocenters. The minimum atomic E-state index is -0.614. The maximum Gasteiger partial charge on any atom is 0.280 e. The zero-order chi connectivity index (χ0) is 18.3. The molecule has 0 amide bonds. The first kappa shape index (κ1) is 16.1. The van der Waals surface area contributed by atoms with E-state index >= 15 is 0 Å². The summed E-state index contributed by atoms with van der Waals surface area (Å²) in [5, 5.41) is 11.8. The van der Waals surface area contributed by atoms with E-state index in [0.717, 1.165) is 29.3 Å². The zero-order valence-corrected chi connectivity index (χ0v) is 13.9. The van der Waals surface area contributed by atoms with Gasteiger partial charge in [0.05, 0.1) is 5.69 Å². The molecule has 0 spiro atoms. The van der Waals surface area contributed by atoms with Gasteiger partial charge in [0.25, 0.3) is 5.89 Å². The second kappa shape index (κ2) is 6.14. The van der Waals surface area contributed by atoms with Crippen molar-refractivity contribution in [1.82, 2.24) is 25.1 Å². The molecule has 2 heterocycles. The lowest BCUT2D eigenvalue weighted by Crippen LogP contribution is -2.03. The molecular weight excluding hydrogens is 340 g/mol. The van der Waals surface area contributed by atoms with Gasteiger partial charge in [-0.15, -0.1) is 5.10 Å². The Morgan fingerprint density at radius 2 is 1.77 bits per heavy atom. The standard InChI is InChI=1S/C18H13F2N5O/c1-10-3-5-12(6-4-10)17-21-18(26-23-17)16-11(2)25(24-22-16)15-9-13(19)7-8-14(15)20/h3-9H,1-2H3. The van der Waals surface area contributed by atoms with Gasteiger partial charge in [-0.3, -0.25) is 0 Å². The van der Waals surface area contributed by atoms with Gasteiger partial charge in [-0.25, -0.2) is 13.5 Å². The number of rotatable bonds is 3. The fourth-order valence-corrected chi connectivity index (χ4v) is 2.54. The molecule has 26 heavy (non-hydrogen) atoms. The second-order valence-electron chi connectivity index (χ2n) is 5.82. The molecule has 0 aliphatic rings. The summed E-state index contributed by atoms with van der Waals surface area (Å²) in [5.74, 6) is -0.624. The van der Waals surface area contributed by atoms with Crippen LogP contribution in [0.1, 0.15) is 11.3 Å². The molecule has 8 heteroatoms. The molecule has 0 aliphatic heterocycles. The van der Waals surface area contributed by atoms with E-state index < -0.39 is 11.6 Å². The average Bonchev–Trinajstić information content (AvgIpc) is 3.24. The molecule has 0 saturated carbocycles. The minimum Gasteiger partial charge on any atom is -0.332 e. The smallest absolute Gasteiger partial charge is 0.280 e. The Kier molecular flexibility index (Phi) is 3.80. The molecule has 0 radical (unpaired) electrons. The Morgan fingerprint density at radius 1 is 1.00 bits per heavy atom. The third kappa shape index (κ3) is 2.75. The van der Waals surface area contributed by atoms with Crippen molar-refractivity contribution in [2.45, 2.75) is 13.8 Å². The Labute approximate surface area is 147 Å². The molecule has 6 nitrogen and oxygen atoms in total. The van der Waals surface area contributed by atoms with Crippen molar-refractivity contribution in [2.24, 2.45) is 0 Å². The molecule has 0 fully saturated rings. The predicted molar refractivity (Wildman–Crippen MR) is 89.5 cm³/mol. The van der Waals surface area contributed by atoms with Crippen LogP contribution in [0.3, 0.4) is 0 Å². The Balaban J connectivity index is 1.73. The molecule has 0 N–H and O–H groups in total. The zero-order valence-electron chi connectivity index (χ0n) is 13.9. The summed E-state index contributed by atoms with van der Waals surface area (Å²) in [7, 11) is 0. The fourth-order valence-electron chi connectivity index (χ4n) is 2.54. The molecule has 2 aromatic heterocycles. The van der Waals surface area contributed by atoms with Gasteiger partial charge >= 0.3 is 0 Å². The monoisotopic (exact) mass is 353 g/mol. The predicted octanol–water partition coefficient (Wildman–Crippen LogP) is 3.88. The third-order valence-electron chi connectivity index (χ3n) is 3.97. The highest BCUT2D eigenvalue weighted by Crippen LogP contribution is 2.25. The van der Waals surface area contributed by atoms with Crippen molar-refractivity contribution in [3.63, 3.8) is 0 Å². The summed E-state index contributed by atoms with van der Waals surface area (Å²) in [4.78, 5) is 4.33. The van der Waals surface area contributed by atoms with Gasteiger partial charge in [-0.1, -0.05) is 40.2 Å².